The van der Waals surface area contributed by atoms with Crippen molar-refractivity contribution in [2.75, 3.05) is 0 Å². The van der Waals surface area contributed by atoms with Gasteiger partial charge in [-0.25, -0.2) is 0 Å². The van der Waals surface area contributed by atoms with Gasteiger partial charge in [0.05, 0.1) is 10.7 Å². The van der Waals surface area contributed by atoms with Crippen LogP contribution in [-0.2, 0) is 0 Å². The summed E-state index contributed by atoms with van der Waals surface area (Å²) in [5, 5.41) is 7.32. The van der Waals surface area contributed by atoms with Gasteiger partial charge in [-0.2, -0.15) is 5.10 Å². The van der Waals surface area contributed by atoms with Crippen LogP contribution in [0.1, 0.15) is 0 Å². The molecule has 1 rings (SSSR count). The van der Waals surface area contributed by atoms with Crippen molar-refractivity contribution in [1.82, 2.24) is 10.2 Å². The van der Waals surface area contributed by atoms with Crippen molar-refractivity contribution in [2.24, 2.45) is 0 Å². The van der Waals surface area contributed by atoms with Crippen LogP contribution in [0, 0.1) is 0 Å². The van der Waals surface area contributed by atoms with Gasteiger partial charge < -0.3 is 0 Å². The molecule has 4 heteroatoms. The van der Waals surface area contributed by atoms with Crippen LogP contribution in [0.4, 0.5) is 0 Å². The number of halogens is 2. The molecule has 0 amide bonds. The first kappa shape index (κ1) is 6.16. The van der Waals surface area contributed by atoms with Crippen molar-refractivity contribution in [3.05, 3.63) is 21.3 Å². The van der Waals surface area contributed by atoms with Gasteiger partial charge in [-0.15, -0.1) is 5.10 Å². The molecule has 1 aromatic rings. The summed E-state index contributed by atoms with van der Waals surface area (Å²) in [6.45, 7) is 0. The van der Waals surface area contributed by atoms with Gasteiger partial charge in [0.25, 0.3) is 0 Å². The number of rotatable bonds is 0. The molecule has 0 fully saturated rings. The van der Waals surface area contributed by atoms with Crippen molar-refractivity contribution in [2.45, 2.75) is 0 Å². The molecule has 0 spiro atoms. The third-order valence-corrected chi connectivity index (χ3v) is 2.39. The van der Waals surface area contributed by atoms with Crippen LogP contribution in [0.2, 0.25) is 0 Å². The molecular weight excluding hydrogens is 236 g/mol. The first-order chi connectivity index (χ1) is 3.80. The van der Waals surface area contributed by atoms with Crippen molar-refractivity contribution in [3.8, 4) is 0 Å². The first-order valence-electron chi connectivity index (χ1n) is 1.93. The van der Waals surface area contributed by atoms with Gasteiger partial charge in [0.2, 0.25) is 0 Å². The fourth-order valence-corrected chi connectivity index (χ4v) is 0.721. The largest absolute Gasteiger partial charge is 0.158 e. The van der Waals surface area contributed by atoms with E-state index in [-0.39, 0.29) is 0 Å². The van der Waals surface area contributed by atoms with Crippen LogP contribution < -0.4 is 0 Å². The number of hydrogen-bond acceptors (Lipinski definition) is 2. The smallest absolute Gasteiger partial charge is 0.142 e. The van der Waals surface area contributed by atoms with Gasteiger partial charge >= 0.3 is 0 Å². The van der Waals surface area contributed by atoms with Crippen molar-refractivity contribution in [3.63, 3.8) is 0 Å². The van der Waals surface area contributed by atoms with Crippen LogP contribution in [0.25, 0.3) is 0 Å². The number of aromatic nitrogens is 2. The highest BCUT2D eigenvalue weighted by Gasteiger charge is 1.91. The fourth-order valence-electron chi connectivity index (χ4n) is 0.299. The topological polar surface area (TPSA) is 25.8 Å². The lowest BCUT2D eigenvalue weighted by Gasteiger charge is -1.87. The van der Waals surface area contributed by atoms with Crippen LogP contribution >= 0.6 is 31.9 Å². The van der Waals surface area contributed by atoms with E-state index in [0.717, 1.165) is 9.08 Å². The molecule has 0 unspecified atom stereocenters. The summed E-state index contributed by atoms with van der Waals surface area (Å²) >= 11 is 6.42. The number of nitrogens with zero attached hydrogens (tertiary/aromatic N) is 2. The molecule has 42 valence electrons. The van der Waals surface area contributed by atoms with E-state index in [4.69, 9.17) is 0 Å². The molecule has 1 aromatic heterocycles. The van der Waals surface area contributed by atoms with Crippen molar-refractivity contribution >= 4 is 31.9 Å². The molecular formula is C4H2Br2N2. The molecule has 0 atom stereocenters. The molecule has 0 aromatic carbocycles. The lowest BCUT2D eigenvalue weighted by Crippen LogP contribution is -1.79. The van der Waals surface area contributed by atoms with Crippen LogP contribution in [0.3, 0.4) is 0 Å². The molecule has 8 heavy (non-hydrogen) atoms. The van der Waals surface area contributed by atoms with Gasteiger partial charge in [-0.05, 0) is 37.9 Å². The van der Waals surface area contributed by atoms with Crippen LogP contribution in [-0.4, -0.2) is 10.2 Å². The third-order valence-electron chi connectivity index (χ3n) is 0.630. The quantitative estimate of drug-likeness (QED) is 0.690. The average Bonchev–Trinajstić information content (AvgIpc) is 1.77. The Morgan fingerprint density at radius 1 is 1.38 bits per heavy atom. The summed E-state index contributed by atoms with van der Waals surface area (Å²) in [4.78, 5) is 0. The Morgan fingerprint density at radius 2 is 2.12 bits per heavy atom. The van der Waals surface area contributed by atoms with Gasteiger partial charge in [0.1, 0.15) is 4.60 Å². The summed E-state index contributed by atoms with van der Waals surface area (Å²) in [5.74, 6) is 0. The Labute approximate surface area is 63.6 Å². The molecule has 1 heterocycles. The van der Waals surface area contributed by atoms with E-state index in [1.807, 2.05) is 6.07 Å². The van der Waals surface area contributed by atoms with Gasteiger partial charge in [-0.1, -0.05) is 0 Å². The Morgan fingerprint density at radius 3 is 2.50 bits per heavy atom. The van der Waals surface area contributed by atoms with E-state index in [1.54, 1.807) is 6.20 Å². The predicted molar refractivity (Wildman–Crippen MR) is 37.4 cm³/mol. The monoisotopic (exact) mass is 236 g/mol. The van der Waals surface area contributed by atoms with Crippen LogP contribution in [0.5, 0.6) is 0 Å². The molecule has 0 saturated carbocycles. The summed E-state index contributed by atoms with van der Waals surface area (Å²) in [7, 11) is 0. The normalized spacial score (nSPS) is 9.25. The maximum atomic E-state index is 3.70. The summed E-state index contributed by atoms with van der Waals surface area (Å²) in [6, 6.07) is 1.82. The lowest BCUT2D eigenvalue weighted by atomic mass is 10.6. The maximum Gasteiger partial charge on any atom is 0.142 e. The summed E-state index contributed by atoms with van der Waals surface area (Å²) in [5.41, 5.74) is 0. The van der Waals surface area contributed by atoms with Gasteiger partial charge in [-0.3, -0.25) is 0 Å². The lowest BCUT2D eigenvalue weighted by molar-refractivity contribution is 0.996. The maximum absolute atomic E-state index is 3.70. The second-order valence-electron chi connectivity index (χ2n) is 1.17. The standard InChI is InChI=1S/C4H2Br2N2/c5-3-1-2-7-8-4(3)6/h1-2H. The summed E-state index contributed by atoms with van der Waals surface area (Å²) < 4.78 is 1.66. The highest BCUT2D eigenvalue weighted by atomic mass is 79.9. The average molecular weight is 238 g/mol. The minimum Gasteiger partial charge on any atom is -0.158 e. The minimum atomic E-state index is 0.736. The molecule has 0 aliphatic carbocycles. The molecule has 0 aliphatic rings. The third kappa shape index (κ3) is 1.26. The van der Waals surface area contributed by atoms with E-state index in [2.05, 4.69) is 42.1 Å². The second-order valence-corrected chi connectivity index (χ2v) is 2.78. The Hall–Kier alpha value is 0.0400. The summed E-state index contributed by atoms with van der Waals surface area (Å²) in [6.07, 6.45) is 1.62. The van der Waals surface area contributed by atoms with E-state index < -0.39 is 0 Å². The zero-order valence-corrected chi connectivity index (χ0v) is 6.98. The number of hydrogen-bond donors (Lipinski definition) is 0. The van der Waals surface area contributed by atoms with E-state index in [1.165, 1.54) is 0 Å². The molecule has 0 aliphatic heterocycles. The highest BCUT2D eigenvalue weighted by Crippen LogP contribution is 2.16. The van der Waals surface area contributed by atoms with Crippen molar-refractivity contribution in [1.29, 1.82) is 0 Å². The molecule has 0 bridgehead atoms. The zero-order chi connectivity index (χ0) is 5.98. The Balaban J connectivity index is 3.13. The van der Waals surface area contributed by atoms with Gasteiger partial charge in [0.15, 0.2) is 0 Å². The van der Waals surface area contributed by atoms with E-state index in [0.29, 0.717) is 0 Å². The van der Waals surface area contributed by atoms with E-state index >= 15 is 0 Å². The minimum absolute atomic E-state index is 0.736. The van der Waals surface area contributed by atoms with Crippen molar-refractivity contribution < 1.29 is 0 Å². The highest BCUT2D eigenvalue weighted by molar-refractivity contribution is 9.13. The Kier molecular flexibility index (Phi) is 1.96. The zero-order valence-electron chi connectivity index (χ0n) is 3.81. The van der Waals surface area contributed by atoms with Crippen LogP contribution in [0.15, 0.2) is 21.3 Å². The molecule has 0 N–H and O–H groups in total. The molecule has 0 radical (unpaired) electrons. The fraction of sp³-hybridized carbons (Fsp3) is 0. The predicted octanol–water partition coefficient (Wildman–Crippen LogP) is 2.00. The molecule has 0 saturated heterocycles. The first-order valence-corrected chi connectivity index (χ1v) is 3.52. The molecule has 2 nitrogen and oxygen atoms in total. The SMILES string of the molecule is Brc1ccnnc1Br. The Bertz CT molecular complexity index is 168. The second kappa shape index (κ2) is 2.55. The van der Waals surface area contributed by atoms with E-state index in [9.17, 15) is 0 Å². The van der Waals surface area contributed by atoms with Gasteiger partial charge in [0, 0.05) is 0 Å².